The molecule has 0 aliphatic heterocycles. The van der Waals surface area contributed by atoms with Crippen molar-refractivity contribution in [2.45, 2.75) is 39.2 Å². The molecule has 0 radical (unpaired) electrons. The molecule has 2 aromatic heterocycles. The highest BCUT2D eigenvalue weighted by Crippen LogP contribution is 2.24. The normalized spacial score (nSPS) is 12.5. The second kappa shape index (κ2) is 7.70. The molecular formula is C19H23N3O4. The van der Waals surface area contributed by atoms with E-state index in [2.05, 4.69) is 22.4 Å². The molecule has 0 fully saturated rings. The molecule has 1 aromatic carbocycles. The number of methoxy groups -OCH3 is 1. The second-order valence-corrected chi connectivity index (χ2v) is 6.35. The van der Waals surface area contributed by atoms with E-state index in [-0.39, 0.29) is 11.7 Å². The molecule has 0 saturated carbocycles. The van der Waals surface area contributed by atoms with Crippen molar-refractivity contribution in [3.05, 3.63) is 51.5 Å². The van der Waals surface area contributed by atoms with Gasteiger partial charge in [-0.1, -0.05) is 5.16 Å². The van der Waals surface area contributed by atoms with Crippen molar-refractivity contribution in [3.8, 4) is 5.75 Å². The summed E-state index contributed by atoms with van der Waals surface area (Å²) in [6.07, 6.45) is 1.67. The third-order valence-corrected chi connectivity index (χ3v) is 4.58. The Morgan fingerprint density at radius 3 is 2.85 bits per heavy atom. The smallest absolute Gasteiger partial charge is 0.339 e. The van der Waals surface area contributed by atoms with Crippen LogP contribution < -0.4 is 15.7 Å². The summed E-state index contributed by atoms with van der Waals surface area (Å²) in [4.78, 5) is 16.8. The van der Waals surface area contributed by atoms with Crippen molar-refractivity contribution in [3.63, 3.8) is 0 Å². The fourth-order valence-electron chi connectivity index (χ4n) is 2.87. The van der Waals surface area contributed by atoms with Gasteiger partial charge in [-0.3, -0.25) is 0 Å². The molecule has 7 nitrogen and oxygen atoms in total. The molecule has 0 saturated heterocycles. The number of aryl methyl sites for hydroxylation is 2. The molecular weight excluding hydrogens is 334 g/mol. The van der Waals surface area contributed by atoms with E-state index in [1.807, 2.05) is 26.1 Å². The Kier molecular flexibility index (Phi) is 5.37. The molecule has 3 rings (SSSR count). The molecule has 1 unspecified atom stereocenters. The van der Waals surface area contributed by atoms with E-state index in [1.54, 1.807) is 13.2 Å². The van der Waals surface area contributed by atoms with E-state index in [0.717, 1.165) is 10.9 Å². The number of hydrogen-bond donors (Lipinski definition) is 1. The van der Waals surface area contributed by atoms with Crippen LogP contribution in [0.15, 0.2) is 31.9 Å². The van der Waals surface area contributed by atoms with Gasteiger partial charge in [0.15, 0.2) is 5.82 Å². The topological polar surface area (TPSA) is 90.4 Å². The SMILES string of the molecule is CNC(C)Cc1noc(CCc2c(C)c3ccc(OC)cc3oc2=O)n1. The van der Waals surface area contributed by atoms with Crippen LogP contribution in [0.2, 0.25) is 0 Å². The van der Waals surface area contributed by atoms with E-state index in [0.29, 0.717) is 47.9 Å². The van der Waals surface area contributed by atoms with Gasteiger partial charge in [0.2, 0.25) is 5.89 Å². The Morgan fingerprint density at radius 1 is 1.31 bits per heavy atom. The number of fused-ring (bicyclic) bond motifs is 1. The predicted molar refractivity (Wildman–Crippen MR) is 97.7 cm³/mol. The zero-order valence-electron chi connectivity index (χ0n) is 15.5. The maximum atomic E-state index is 12.4. The first-order valence-corrected chi connectivity index (χ1v) is 8.61. The lowest BCUT2D eigenvalue weighted by Crippen LogP contribution is -2.24. The minimum Gasteiger partial charge on any atom is -0.497 e. The predicted octanol–water partition coefficient (Wildman–Crippen LogP) is 2.43. The fourth-order valence-corrected chi connectivity index (χ4v) is 2.87. The maximum Gasteiger partial charge on any atom is 0.339 e. The Morgan fingerprint density at radius 2 is 2.12 bits per heavy atom. The standard InChI is InChI=1S/C19H23N3O4/c1-11(20-3)9-17-21-18(26-22-17)8-7-15-12(2)14-6-5-13(24-4)10-16(14)25-19(15)23/h5-6,10-11,20H,7-9H2,1-4H3. The minimum atomic E-state index is -0.341. The van der Waals surface area contributed by atoms with E-state index in [1.165, 1.54) is 0 Å². The van der Waals surface area contributed by atoms with Crippen molar-refractivity contribution in [1.82, 2.24) is 15.5 Å². The van der Waals surface area contributed by atoms with Crippen molar-refractivity contribution in [2.24, 2.45) is 0 Å². The second-order valence-electron chi connectivity index (χ2n) is 6.35. The van der Waals surface area contributed by atoms with E-state index < -0.39 is 0 Å². The average molecular weight is 357 g/mol. The minimum absolute atomic E-state index is 0.271. The molecule has 3 aromatic rings. The van der Waals surface area contributed by atoms with E-state index in [4.69, 9.17) is 13.7 Å². The molecule has 138 valence electrons. The fraction of sp³-hybridized carbons (Fsp3) is 0.421. The summed E-state index contributed by atoms with van der Waals surface area (Å²) in [6.45, 7) is 3.98. The van der Waals surface area contributed by atoms with Crippen LogP contribution in [0.25, 0.3) is 11.0 Å². The summed E-state index contributed by atoms with van der Waals surface area (Å²) in [7, 11) is 3.47. The van der Waals surface area contributed by atoms with Gasteiger partial charge in [-0.2, -0.15) is 4.98 Å². The first-order chi connectivity index (χ1) is 12.5. The number of benzene rings is 1. The monoisotopic (exact) mass is 357 g/mol. The van der Waals surface area contributed by atoms with E-state index in [9.17, 15) is 4.79 Å². The van der Waals surface area contributed by atoms with Crippen molar-refractivity contribution < 1.29 is 13.7 Å². The first-order valence-electron chi connectivity index (χ1n) is 8.61. The maximum absolute atomic E-state index is 12.4. The van der Waals surface area contributed by atoms with Crippen LogP contribution in [-0.4, -0.2) is 30.3 Å². The van der Waals surface area contributed by atoms with Gasteiger partial charge in [-0.15, -0.1) is 0 Å². The Hall–Kier alpha value is -2.67. The highest BCUT2D eigenvalue weighted by atomic mass is 16.5. The summed E-state index contributed by atoms with van der Waals surface area (Å²) in [5.41, 5.74) is 1.72. The number of nitrogens with one attached hydrogen (secondary N) is 1. The van der Waals surface area contributed by atoms with Gasteiger partial charge < -0.3 is 19.0 Å². The third-order valence-electron chi connectivity index (χ3n) is 4.58. The number of nitrogens with zero attached hydrogens (tertiary/aromatic N) is 2. The van der Waals surface area contributed by atoms with Crippen LogP contribution in [0.1, 0.15) is 29.8 Å². The Labute approximate surface area is 151 Å². The summed E-state index contributed by atoms with van der Waals surface area (Å²) < 4.78 is 15.9. The molecule has 0 spiro atoms. The van der Waals surface area contributed by atoms with Crippen LogP contribution in [0.4, 0.5) is 0 Å². The van der Waals surface area contributed by atoms with Crippen LogP contribution >= 0.6 is 0 Å². The average Bonchev–Trinajstić information content (AvgIpc) is 3.08. The van der Waals surface area contributed by atoms with Gasteiger partial charge >= 0.3 is 5.63 Å². The van der Waals surface area contributed by atoms with Gasteiger partial charge in [0.1, 0.15) is 11.3 Å². The quantitative estimate of drug-likeness (QED) is 0.649. The largest absolute Gasteiger partial charge is 0.497 e. The molecule has 26 heavy (non-hydrogen) atoms. The van der Waals surface area contributed by atoms with Gasteiger partial charge in [-0.05, 0) is 45.0 Å². The van der Waals surface area contributed by atoms with Crippen molar-refractivity contribution in [1.29, 1.82) is 0 Å². The molecule has 0 amide bonds. The van der Waals surface area contributed by atoms with Crippen LogP contribution in [0, 0.1) is 6.92 Å². The summed E-state index contributed by atoms with van der Waals surface area (Å²) >= 11 is 0. The highest BCUT2D eigenvalue weighted by Gasteiger charge is 2.15. The zero-order valence-corrected chi connectivity index (χ0v) is 15.5. The van der Waals surface area contributed by atoms with Crippen LogP contribution in [0.3, 0.4) is 0 Å². The first kappa shape index (κ1) is 18.1. The third kappa shape index (κ3) is 3.77. The molecule has 0 aliphatic carbocycles. The summed E-state index contributed by atoms with van der Waals surface area (Å²) in [5, 5.41) is 8.02. The lowest BCUT2D eigenvalue weighted by Gasteiger charge is -2.08. The number of ether oxygens (including phenoxy) is 1. The highest BCUT2D eigenvalue weighted by molar-refractivity contribution is 5.82. The lowest BCUT2D eigenvalue weighted by molar-refractivity contribution is 0.370. The van der Waals surface area contributed by atoms with Crippen LogP contribution in [-0.2, 0) is 19.3 Å². The Balaban J connectivity index is 1.80. The molecule has 1 atom stereocenters. The van der Waals surface area contributed by atoms with Crippen LogP contribution in [0.5, 0.6) is 5.75 Å². The molecule has 7 heteroatoms. The van der Waals surface area contributed by atoms with Gasteiger partial charge in [-0.25, -0.2) is 4.79 Å². The Bertz CT molecular complexity index is 961. The summed E-state index contributed by atoms with van der Waals surface area (Å²) in [5.74, 6) is 1.84. The number of likely N-dealkylation sites (N-methyl/N-ethyl adjacent to an activating group) is 1. The number of hydrogen-bond acceptors (Lipinski definition) is 7. The molecule has 0 bridgehead atoms. The molecule has 0 aliphatic rings. The molecule has 1 N–H and O–H groups in total. The van der Waals surface area contributed by atoms with Gasteiger partial charge in [0.05, 0.1) is 7.11 Å². The number of aromatic nitrogens is 2. The van der Waals surface area contributed by atoms with Crippen molar-refractivity contribution >= 4 is 11.0 Å². The summed E-state index contributed by atoms with van der Waals surface area (Å²) in [6, 6.07) is 5.75. The molecule has 2 heterocycles. The van der Waals surface area contributed by atoms with Gasteiger partial charge in [0, 0.05) is 35.9 Å². The van der Waals surface area contributed by atoms with E-state index >= 15 is 0 Å². The lowest BCUT2D eigenvalue weighted by atomic mass is 10.0. The van der Waals surface area contributed by atoms with Gasteiger partial charge in [0.25, 0.3) is 0 Å². The number of rotatable bonds is 7. The van der Waals surface area contributed by atoms with Crippen molar-refractivity contribution in [2.75, 3.05) is 14.2 Å². The zero-order chi connectivity index (χ0) is 18.7.